The zero-order chi connectivity index (χ0) is 16.8. The number of ether oxygens (including phenoxy) is 1. The summed E-state index contributed by atoms with van der Waals surface area (Å²) in [5.41, 5.74) is 1.86. The van der Waals surface area contributed by atoms with E-state index in [-0.39, 0.29) is 12.0 Å². The van der Waals surface area contributed by atoms with Crippen molar-refractivity contribution in [3.05, 3.63) is 17.5 Å². The van der Waals surface area contributed by atoms with E-state index in [0.717, 1.165) is 30.8 Å². The molecule has 5 nitrogen and oxygen atoms in total. The quantitative estimate of drug-likeness (QED) is 0.639. The van der Waals surface area contributed by atoms with Gasteiger partial charge in [-0.3, -0.25) is 4.79 Å². The Morgan fingerprint density at radius 1 is 1.39 bits per heavy atom. The maximum Gasteiger partial charge on any atom is 0.230 e. The van der Waals surface area contributed by atoms with E-state index in [2.05, 4.69) is 29.1 Å². The molecule has 1 fully saturated rings. The van der Waals surface area contributed by atoms with Gasteiger partial charge in [-0.1, -0.05) is 25.6 Å². The van der Waals surface area contributed by atoms with Crippen LogP contribution in [-0.2, 0) is 9.53 Å². The molecule has 0 bridgehead atoms. The Kier molecular flexibility index (Phi) is 6.84. The number of carbonyl (C=O) groups is 1. The van der Waals surface area contributed by atoms with E-state index >= 15 is 0 Å². The maximum absolute atomic E-state index is 12.1. The molecular formula is C17H27N3O2S. The first kappa shape index (κ1) is 18.2. The highest BCUT2D eigenvalue weighted by molar-refractivity contribution is 7.99. The number of hydrogen-bond donors (Lipinski definition) is 1. The van der Waals surface area contributed by atoms with Gasteiger partial charge in [0.05, 0.1) is 11.9 Å². The van der Waals surface area contributed by atoms with Gasteiger partial charge in [-0.25, -0.2) is 9.97 Å². The highest BCUT2D eigenvalue weighted by Gasteiger charge is 2.28. The first-order valence-corrected chi connectivity index (χ1v) is 9.27. The van der Waals surface area contributed by atoms with Gasteiger partial charge in [0, 0.05) is 30.5 Å². The van der Waals surface area contributed by atoms with Crippen LogP contribution in [0.15, 0.2) is 11.2 Å². The fraction of sp³-hybridized carbons (Fsp3) is 0.706. The summed E-state index contributed by atoms with van der Waals surface area (Å²) in [6, 6.07) is 1.93. The van der Waals surface area contributed by atoms with Gasteiger partial charge in [-0.15, -0.1) is 0 Å². The van der Waals surface area contributed by atoms with Gasteiger partial charge in [0.15, 0.2) is 5.16 Å². The third kappa shape index (κ3) is 5.77. The number of carbonyl (C=O) groups excluding carboxylic acids is 1. The maximum atomic E-state index is 12.1. The van der Waals surface area contributed by atoms with Crippen LogP contribution in [0.3, 0.4) is 0 Å². The van der Waals surface area contributed by atoms with Crippen LogP contribution in [0, 0.1) is 25.7 Å². The van der Waals surface area contributed by atoms with E-state index in [1.165, 1.54) is 11.8 Å². The fourth-order valence-corrected chi connectivity index (χ4v) is 3.78. The van der Waals surface area contributed by atoms with Gasteiger partial charge in [0.2, 0.25) is 5.91 Å². The minimum atomic E-state index is 0.0332. The van der Waals surface area contributed by atoms with Crippen molar-refractivity contribution in [3.63, 3.8) is 0 Å². The largest absolute Gasteiger partial charge is 0.378 e. The molecule has 0 spiro atoms. The van der Waals surface area contributed by atoms with Gasteiger partial charge in [-0.05, 0) is 38.7 Å². The van der Waals surface area contributed by atoms with Crippen LogP contribution in [0.5, 0.6) is 0 Å². The van der Waals surface area contributed by atoms with E-state index in [4.69, 9.17) is 4.74 Å². The summed E-state index contributed by atoms with van der Waals surface area (Å²) in [4.78, 5) is 20.8. The molecule has 0 aliphatic carbocycles. The second-order valence-electron chi connectivity index (χ2n) is 6.51. The summed E-state index contributed by atoms with van der Waals surface area (Å²) in [6.45, 7) is 9.77. The molecule has 2 atom stereocenters. The van der Waals surface area contributed by atoms with Crippen molar-refractivity contribution in [2.75, 3.05) is 18.9 Å². The third-order valence-corrected chi connectivity index (χ3v) is 4.85. The van der Waals surface area contributed by atoms with Gasteiger partial charge in [0.25, 0.3) is 0 Å². The summed E-state index contributed by atoms with van der Waals surface area (Å²) in [5, 5.41) is 3.71. The van der Waals surface area contributed by atoms with Crippen LogP contribution in [0.25, 0.3) is 0 Å². The molecule has 0 saturated carbocycles. The number of nitrogens with zero attached hydrogens (tertiary/aromatic N) is 2. The predicted octanol–water partition coefficient (Wildman–Crippen LogP) is 2.75. The van der Waals surface area contributed by atoms with Crippen LogP contribution < -0.4 is 5.32 Å². The molecule has 1 saturated heterocycles. The molecule has 1 aliphatic rings. The zero-order valence-corrected chi connectivity index (χ0v) is 15.3. The first-order chi connectivity index (χ1) is 11.0. The average molecular weight is 337 g/mol. The predicted molar refractivity (Wildman–Crippen MR) is 92.5 cm³/mol. The Bertz CT molecular complexity index is 516. The summed E-state index contributed by atoms with van der Waals surface area (Å²) in [5.74, 6) is 1.28. The van der Waals surface area contributed by atoms with Crippen LogP contribution in [0.1, 0.15) is 38.1 Å². The monoisotopic (exact) mass is 337 g/mol. The number of amides is 1. The van der Waals surface area contributed by atoms with Crippen molar-refractivity contribution >= 4 is 17.7 Å². The van der Waals surface area contributed by atoms with Crippen molar-refractivity contribution < 1.29 is 9.53 Å². The lowest BCUT2D eigenvalue weighted by molar-refractivity contribution is -0.119. The highest BCUT2D eigenvalue weighted by Crippen LogP contribution is 2.25. The van der Waals surface area contributed by atoms with Crippen molar-refractivity contribution in [2.24, 2.45) is 11.8 Å². The topological polar surface area (TPSA) is 64.1 Å². The Hall–Kier alpha value is -1.14. The molecule has 0 radical (unpaired) electrons. The van der Waals surface area contributed by atoms with Crippen LogP contribution in [-0.4, -0.2) is 40.9 Å². The van der Waals surface area contributed by atoms with Crippen molar-refractivity contribution in [1.29, 1.82) is 0 Å². The first-order valence-electron chi connectivity index (χ1n) is 8.29. The van der Waals surface area contributed by atoms with Crippen LogP contribution in [0.2, 0.25) is 0 Å². The summed E-state index contributed by atoms with van der Waals surface area (Å²) in [6.07, 6.45) is 2.45. The lowest BCUT2D eigenvalue weighted by atomic mass is 9.87. The Morgan fingerprint density at radius 3 is 2.74 bits per heavy atom. The highest BCUT2D eigenvalue weighted by atomic mass is 32.2. The lowest BCUT2D eigenvalue weighted by Crippen LogP contribution is -2.41. The molecule has 1 amide bonds. The zero-order valence-electron chi connectivity index (χ0n) is 14.5. The standard InChI is InChI=1S/C17H27N3O2S/c1-11(2)16-14(6-5-7-22-16)9-18-15(21)10-23-17-19-12(3)8-13(4)20-17/h8,11,14,16H,5-7,9-10H2,1-4H3,(H,18,21)/t14-,16-/m0/s1. The van der Waals surface area contributed by atoms with Crippen LogP contribution >= 0.6 is 11.8 Å². The number of aromatic nitrogens is 2. The lowest BCUT2D eigenvalue weighted by Gasteiger charge is -2.34. The number of thioether (sulfide) groups is 1. The van der Waals surface area contributed by atoms with Gasteiger partial charge < -0.3 is 10.1 Å². The summed E-state index contributed by atoms with van der Waals surface area (Å²) < 4.78 is 5.86. The number of rotatable bonds is 6. The molecule has 0 unspecified atom stereocenters. The van der Waals surface area contributed by atoms with Gasteiger partial charge >= 0.3 is 0 Å². The SMILES string of the molecule is Cc1cc(C)nc(SCC(=O)NC[C@@H]2CCCO[C@H]2C(C)C)n1. The van der Waals surface area contributed by atoms with E-state index in [0.29, 0.717) is 29.3 Å². The van der Waals surface area contributed by atoms with E-state index in [1.807, 2.05) is 19.9 Å². The molecule has 1 N–H and O–H groups in total. The fourth-order valence-electron chi connectivity index (χ4n) is 3.00. The minimum Gasteiger partial charge on any atom is -0.378 e. The molecule has 0 aromatic carbocycles. The van der Waals surface area contributed by atoms with E-state index < -0.39 is 0 Å². The normalized spacial score (nSPS) is 21.4. The number of nitrogens with one attached hydrogen (secondary N) is 1. The van der Waals surface area contributed by atoms with Crippen molar-refractivity contribution in [2.45, 2.75) is 51.8 Å². The number of hydrogen-bond acceptors (Lipinski definition) is 5. The van der Waals surface area contributed by atoms with Crippen LogP contribution in [0.4, 0.5) is 0 Å². The van der Waals surface area contributed by atoms with Gasteiger partial charge in [-0.2, -0.15) is 0 Å². The molecule has 6 heteroatoms. The van der Waals surface area contributed by atoms with Crippen molar-refractivity contribution in [1.82, 2.24) is 15.3 Å². The van der Waals surface area contributed by atoms with Crippen molar-refractivity contribution in [3.8, 4) is 0 Å². The number of aryl methyl sites for hydroxylation is 2. The second-order valence-corrected chi connectivity index (χ2v) is 7.45. The summed E-state index contributed by atoms with van der Waals surface area (Å²) >= 11 is 1.39. The minimum absolute atomic E-state index is 0.0332. The Balaban J connectivity index is 1.78. The second kappa shape index (κ2) is 8.64. The molecule has 1 aromatic rings. The molecular weight excluding hydrogens is 310 g/mol. The van der Waals surface area contributed by atoms with E-state index in [1.54, 1.807) is 0 Å². The molecule has 1 aromatic heterocycles. The Labute approximate surface area is 143 Å². The average Bonchev–Trinajstić information content (AvgIpc) is 2.50. The molecule has 23 heavy (non-hydrogen) atoms. The van der Waals surface area contributed by atoms with Gasteiger partial charge in [0.1, 0.15) is 0 Å². The van der Waals surface area contributed by atoms with E-state index in [9.17, 15) is 4.79 Å². The molecule has 128 valence electrons. The summed E-state index contributed by atoms with van der Waals surface area (Å²) in [7, 11) is 0. The molecule has 1 aliphatic heterocycles. The smallest absolute Gasteiger partial charge is 0.230 e. The molecule has 2 rings (SSSR count). The third-order valence-electron chi connectivity index (χ3n) is 4.01. The molecule has 2 heterocycles. The Morgan fingerprint density at radius 2 is 2.09 bits per heavy atom.